The van der Waals surface area contributed by atoms with Crippen LogP contribution in [-0.2, 0) is 12.6 Å². The van der Waals surface area contributed by atoms with Crippen molar-refractivity contribution in [3.05, 3.63) is 82.8 Å². The van der Waals surface area contributed by atoms with Crippen molar-refractivity contribution in [3.8, 4) is 5.82 Å². The molecule has 174 valence electrons. The zero-order valence-corrected chi connectivity index (χ0v) is 18.4. The molecule has 0 saturated heterocycles. The minimum absolute atomic E-state index is 0.0668. The fraction of sp³-hybridized carbons (Fsp3) is 0.280. The third-order valence-corrected chi connectivity index (χ3v) is 5.94. The van der Waals surface area contributed by atoms with Crippen molar-refractivity contribution in [1.29, 1.82) is 0 Å². The van der Waals surface area contributed by atoms with Gasteiger partial charge >= 0.3 is 6.18 Å². The number of aryl methyl sites for hydroxylation is 1. The summed E-state index contributed by atoms with van der Waals surface area (Å²) in [6.07, 6.45) is -0.699. The lowest BCUT2D eigenvalue weighted by Gasteiger charge is -2.13. The van der Waals surface area contributed by atoms with Gasteiger partial charge in [0.1, 0.15) is 0 Å². The number of carbonyl (C=O) groups is 1. The highest BCUT2D eigenvalue weighted by Gasteiger charge is 2.33. The quantitative estimate of drug-likeness (QED) is 0.435. The van der Waals surface area contributed by atoms with Crippen LogP contribution in [-0.4, -0.2) is 32.2 Å². The minimum Gasteiger partial charge on any atom is -0.352 e. The van der Waals surface area contributed by atoms with E-state index in [9.17, 15) is 18.0 Å². The molecule has 0 radical (unpaired) electrons. The molecule has 0 unspecified atom stereocenters. The van der Waals surface area contributed by atoms with Gasteiger partial charge in [0, 0.05) is 24.4 Å². The molecule has 0 atom stereocenters. The second-order valence-corrected chi connectivity index (χ2v) is 8.41. The van der Waals surface area contributed by atoms with E-state index in [0.29, 0.717) is 34.0 Å². The number of pyridine rings is 2. The SMILES string of the molecule is Cc1nn(-c2ccccn2)c2nc(C3CC3)cc(C(=O)NCCc3ccccc3C(F)(F)F)c12. The number of alkyl halides is 3. The Morgan fingerprint density at radius 2 is 1.91 bits per heavy atom. The molecule has 0 spiro atoms. The molecule has 0 bridgehead atoms. The first-order valence-corrected chi connectivity index (χ1v) is 11.1. The number of amides is 1. The molecule has 3 heterocycles. The first kappa shape index (κ1) is 22.1. The molecular weight excluding hydrogens is 443 g/mol. The Morgan fingerprint density at radius 1 is 1.15 bits per heavy atom. The van der Waals surface area contributed by atoms with Gasteiger partial charge in [0.2, 0.25) is 0 Å². The summed E-state index contributed by atoms with van der Waals surface area (Å²) >= 11 is 0. The fourth-order valence-corrected chi connectivity index (χ4v) is 4.14. The maximum Gasteiger partial charge on any atom is 0.416 e. The Labute approximate surface area is 193 Å². The molecule has 1 amide bonds. The normalized spacial score (nSPS) is 13.9. The molecule has 1 N–H and O–H groups in total. The molecule has 3 aromatic heterocycles. The molecule has 9 heteroatoms. The van der Waals surface area contributed by atoms with Crippen LogP contribution in [0.1, 0.15) is 51.6 Å². The van der Waals surface area contributed by atoms with Gasteiger partial charge in [-0.2, -0.15) is 23.0 Å². The summed E-state index contributed by atoms with van der Waals surface area (Å²) in [7, 11) is 0. The molecule has 5 rings (SSSR count). The Kier molecular flexibility index (Phi) is 5.55. The van der Waals surface area contributed by atoms with Crippen LogP contribution in [0.2, 0.25) is 0 Å². The van der Waals surface area contributed by atoms with Crippen LogP contribution in [0, 0.1) is 6.92 Å². The van der Waals surface area contributed by atoms with E-state index in [2.05, 4.69) is 15.4 Å². The maximum atomic E-state index is 13.3. The van der Waals surface area contributed by atoms with Crippen molar-refractivity contribution in [3.63, 3.8) is 0 Å². The summed E-state index contributed by atoms with van der Waals surface area (Å²) in [5, 5.41) is 7.99. The van der Waals surface area contributed by atoms with Gasteiger partial charge in [-0.1, -0.05) is 24.3 Å². The number of fused-ring (bicyclic) bond motifs is 1. The number of nitrogens with zero attached hydrogens (tertiary/aromatic N) is 4. The number of aromatic nitrogens is 4. The maximum absolute atomic E-state index is 13.3. The average molecular weight is 465 g/mol. The molecule has 1 saturated carbocycles. The molecule has 0 aliphatic heterocycles. The Hall–Kier alpha value is -3.75. The van der Waals surface area contributed by atoms with E-state index < -0.39 is 11.7 Å². The lowest BCUT2D eigenvalue weighted by atomic mass is 10.0. The van der Waals surface area contributed by atoms with Gasteiger partial charge < -0.3 is 5.32 Å². The van der Waals surface area contributed by atoms with E-state index in [1.54, 1.807) is 36.0 Å². The summed E-state index contributed by atoms with van der Waals surface area (Å²) in [4.78, 5) is 22.4. The summed E-state index contributed by atoms with van der Waals surface area (Å²) in [6, 6.07) is 12.7. The number of benzene rings is 1. The van der Waals surface area contributed by atoms with Crippen LogP contribution in [0.3, 0.4) is 0 Å². The van der Waals surface area contributed by atoms with Crippen molar-refractivity contribution in [2.75, 3.05) is 6.54 Å². The van der Waals surface area contributed by atoms with E-state index in [-0.39, 0.29) is 24.4 Å². The van der Waals surface area contributed by atoms with Crippen LogP contribution in [0.25, 0.3) is 16.9 Å². The largest absolute Gasteiger partial charge is 0.416 e. The summed E-state index contributed by atoms with van der Waals surface area (Å²) in [5.41, 5.74) is 1.89. The van der Waals surface area contributed by atoms with Crippen molar-refractivity contribution in [2.24, 2.45) is 0 Å². The van der Waals surface area contributed by atoms with Gasteiger partial charge in [-0.15, -0.1) is 0 Å². The highest BCUT2D eigenvalue weighted by atomic mass is 19.4. The molecule has 1 aromatic carbocycles. The average Bonchev–Trinajstić information content (AvgIpc) is 3.62. The number of rotatable bonds is 6. The lowest BCUT2D eigenvalue weighted by Crippen LogP contribution is -2.27. The number of hydrogen-bond acceptors (Lipinski definition) is 4. The Morgan fingerprint density at radius 3 is 2.62 bits per heavy atom. The van der Waals surface area contributed by atoms with Gasteiger partial charge in [0.15, 0.2) is 11.5 Å². The third kappa shape index (κ3) is 4.25. The van der Waals surface area contributed by atoms with Crippen LogP contribution in [0.4, 0.5) is 13.2 Å². The van der Waals surface area contributed by atoms with Crippen LogP contribution in [0.15, 0.2) is 54.7 Å². The molecular formula is C25H22F3N5O. The molecule has 34 heavy (non-hydrogen) atoms. The van der Waals surface area contributed by atoms with Crippen molar-refractivity contribution in [1.82, 2.24) is 25.1 Å². The minimum atomic E-state index is -4.44. The van der Waals surface area contributed by atoms with Gasteiger partial charge in [0.05, 0.1) is 22.2 Å². The van der Waals surface area contributed by atoms with E-state index in [1.807, 2.05) is 12.1 Å². The van der Waals surface area contributed by atoms with E-state index in [4.69, 9.17) is 4.98 Å². The van der Waals surface area contributed by atoms with Crippen LogP contribution < -0.4 is 5.32 Å². The molecule has 1 aliphatic carbocycles. The van der Waals surface area contributed by atoms with Gasteiger partial charge in [0.25, 0.3) is 5.91 Å². The van der Waals surface area contributed by atoms with E-state index in [1.165, 1.54) is 12.1 Å². The number of carbonyl (C=O) groups excluding carboxylic acids is 1. The molecule has 1 fully saturated rings. The van der Waals surface area contributed by atoms with Crippen molar-refractivity contribution in [2.45, 2.75) is 38.3 Å². The fourth-order valence-electron chi connectivity index (χ4n) is 4.14. The highest BCUT2D eigenvalue weighted by Crippen LogP contribution is 2.40. The molecule has 6 nitrogen and oxygen atoms in total. The van der Waals surface area contributed by atoms with Crippen LogP contribution >= 0.6 is 0 Å². The molecule has 4 aromatic rings. The lowest BCUT2D eigenvalue weighted by molar-refractivity contribution is -0.138. The molecule has 1 aliphatic rings. The second-order valence-electron chi connectivity index (χ2n) is 8.41. The second kappa shape index (κ2) is 8.55. The Balaban J connectivity index is 1.46. The smallest absolute Gasteiger partial charge is 0.352 e. The Bertz CT molecular complexity index is 1360. The summed E-state index contributed by atoms with van der Waals surface area (Å²) in [6.45, 7) is 1.87. The third-order valence-electron chi connectivity index (χ3n) is 5.94. The zero-order chi connectivity index (χ0) is 23.9. The van der Waals surface area contributed by atoms with Crippen LogP contribution in [0.5, 0.6) is 0 Å². The number of hydrogen-bond donors (Lipinski definition) is 1. The standard InChI is InChI=1S/C25H22F3N5O/c1-15-22-18(24(34)30-13-11-16-6-2-3-7-19(16)25(26,27)28)14-20(17-9-10-17)31-23(22)33(32-15)21-8-4-5-12-29-21/h2-8,12,14,17H,9-11,13H2,1H3,(H,30,34). The van der Waals surface area contributed by atoms with Gasteiger partial charge in [-0.3, -0.25) is 4.79 Å². The van der Waals surface area contributed by atoms with E-state index in [0.717, 1.165) is 24.6 Å². The monoisotopic (exact) mass is 465 g/mol. The summed E-state index contributed by atoms with van der Waals surface area (Å²) in [5.74, 6) is 0.528. The van der Waals surface area contributed by atoms with Gasteiger partial charge in [-0.25, -0.2) is 9.97 Å². The predicted octanol–water partition coefficient (Wildman–Crippen LogP) is 4.99. The van der Waals surface area contributed by atoms with Crippen molar-refractivity contribution < 1.29 is 18.0 Å². The first-order valence-electron chi connectivity index (χ1n) is 11.1. The highest BCUT2D eigenvalue weighted by molar-refractivity contribution is 6.06. The topological polar surface area (TPSA) is 72.7 Å². The van der Waals surface area contributed by atoms with Crippen molar-refractivity contribution >= 4 is 16.9 Å². The first-order chi connectivity index (χ1) is 16.3. The van der Waals surface area contributed by atoms with E-state index >= 15 is 0 Å². The van der Waals surface area contributed by atoms with Gasteiger partial charge in [-0.05, 0) is 56.0 Å². The predicted molar refractivity (Wildman–Crippen MR) is 121 cm³/mol. The number of nitrogens with one attached hydrogen (secondary N) is 1. The zero-order valence-electron chi connectivity index (χ0n) is 18.4. The summed E-state index contributed by atoms with van der Waals surface area (Å²) < 4.78 is 41.5. The number of halogens is 3.